The number of carbonyl (C=O) groups is 2. The molecule has 0 aliphatic rings. The summed E-state index contributed by atoms with van der Waals surface area (Å²) in [6.45, 7) is 0. The fourth-order valence-corrected chi connectivity index (χ4v) is 1.20. The van der Waals surface area contributed by atoms with Crippen LogP contribution in [0.1, 0.15) is 22.3 Å². The van der Waals surface area contributed by atoms with Crippen LogP contribution in [-0.4, -0.2) is 24.0 Å². The molecule has 0 fully saturated rings. The van der Waals surface area contributed by atoms with E-state index in [1.807, 2.05) is 0 Å². The molecule has 0 unspecified atom stereocenters. The van der Waals surface area contributed by atoms with Crippen LogP contribution in [0.2, 0.25) is 0 Å². The molecule has 0 aliphatic heterocycles. The second kappa shape index (κ2) is 5.14. The first-order chi connectivity index (χ1) is 7.13. The van der Waals surface area contributed by atoms with Gasteiger partial charge in [-0.25, -0.2) is 4.79 Å². The molecule has 0 heterocycles. The molecule has 0 aliphatic carbocycles. The summed E-state index contributed by atoms with van der Waals surface area (Å²) in [5.41, 5.74) is 1.22. The standard InChI is InChI=1S/C11H13NO3/c1-12-10(13)7-4-8-2-5-9(6-3-8)11(14)15/h2-3,5-6H,4,7H2,1H3,(H,12,13)(H,14,15). The Morgan fingerprint density at radius 2 is 1.87 bits per heavy atom. The molecule has 0 aromatic heterocycles. The van der Waals surface area contributed by atoms with Gasteiger partial charge in [0.2, 0.25) is 5.91 Å². The monoisotopic (exact) mass is 207 g/mol. The van der Waals surface area contributed by atoms with Crippen molar-refractivity contribution < 1.29 is 14.7 Å². The van der Waals surface area contributed by atoms with Crippen molar-refractivity contribution in [1.82, 2.24) is 5.32 Å². The maximum absolute atomic E-state index is 11.0. The summed E-state index contributed by atoms with van der Waals surface area (Å²) in [7, 11) is 1.59. The molecule has 4 nitrogen and oxygen atoms in total. The van der Waals surface area contributed by atoms with Crippen molar-refractivity contribution in [3.63, 3.8) is 0 Å². The number of hydrogen-bond donors (Lipinski definition) is 2. The van der Waals surface area contributed by atoms with E-state index in [2.05, 4.69) is 5.32 Å². The van der Waals surface area contributed by atoms with Gasteiger partial charge in [0, 0.05) is 13.5 Å². The van der Waals surface area contributed by atoms with E-state index in [4.69, 9.17) is 5.11 Å². The van der Waals surface area contributed by atoms with Gasteiger partial charge in [-0.15, -0.1) is 0 Å². The van der Waals surface area contributed by atoms with E-state index in [9.17, 15) is 9.59 Å². The quantitative estimate of drug-likeness (QED) is 0.775. The third-order valence-corrected chi connectivity index (χ3v) is 2.12. The Labute approximate surface area is 87.9 Å². The van der Waals surface area contributed by atoms with E-state index < -0.39 is 5.97 Å². The van der Waals surface area contributed by atoms with E-state index in [1.165, 1.54) is 0 Å². The Morgan fingerprint density at radius 3 is 2.33 bits per heavy atom. The maximum Gasteiger partial charge on any atom is 0.335 e. The van der Waals surface area contributed by atoms with E-state index in [0.29, 0.717) is 12.8 Å². The third kappa shape index (κ3) is 3.42. The van der Waals surface area contributed by atoms with E-state index >= 15 is 0 Å². The van der Waals surface area contributed by atoms with Gasteiger partial charge in [-0.2, -0.15) is 0 Å². The molecule has 80 valence electrons. The molecule has 1 aromatic carbocycles. The van der Waals surface area contributed by atoms with Crippen LogP contribution in [0.15, 0.2) is 24.3 Å². The zero-order valence-corrected chi connectivity index (χ0v) is 8.49. The first-order valence-electron chi connectivity index (χ1n) is 4.66. The van der Waals surface area contributed by atoms with Gasteiger partial charge in [0.15, 0.2) is 0 Å². The first-order valence-corrected chi connectivity index (χ1v) is 4.66. The number of rotatable bonds is 4. The lowest BCUT2D eigenvalue weighted by Gasteiger charge is -2.01. The molecule has 0 spiro atoms. The van der Waals surface area contributed by atoms with Crippen molar-refractivity contribution >= 4 is 11.9 Å². The van der Waals surface area contributed by atoms with E-state index in [1.54, 1.807) is 31.3 Å². The largest absolute Gasteiger partial charge is 0.478 e. The first kappa shape index (κ1) is 11.2. The smallest absolute Gasteiger partial charge is 0.335 e. The lowest BCUT2D eigenvalue weighted by atomic mass is 10.1. The summed E-state index contributed by atoms with van der Waals surface area (Å²) < 4.78 is 0. The van der Waals surface area contributed by atoms with Crippen LogP contribution in [0, 0.1) is 0 Å². The van der Waals surface area contributed by atoms with E-state index in [-0.39, 0.29) is 11.5 Å². The molecule has 4 heteroatoms. The lowest BCUT2D eigenvalue weighted by Crippen LogP contribution is -2.17. The number of amides is 1. The normalized spacial score (nSPS) is 9.67. The highest BCUT2D eigenvalue weighted by atomic mass is 16.4. The Balaban J connectivity index is 2.57. The number of benzene rings is 1. The number of aromatic carboxylic acids is 1. The lowest BCUT2D eigenvalue weighted by molar-refractivity contribution is -0.120. The predicted octanol–water partition coefficient (Wildman–Crippen LogP) is 1.06. The van der Waals surface area contributed by atoms with Crippen LogP contribution in [0.5, 0.6) is 0 Å². The average molecular weight is 207 g/mol. The van der Waals surface area contributed by atoms with Crippen molar-refractivity contribution in [3.8, 4) is 0 Å². The summed E-state index contributed by atoms with van der Waals surface area (Å²) >= 11 is 0. The average Bonchev–Trinajstić information content (AvgIpc) is 2.26. The molecule has 1 amide bonds. The topological polar surface area (TPSA) is 66.4 Å². The van der Waals surface area contributed by atoms with Gasteiger partial charge in [0.1, 0.15) is 0 Å². The summed E-state index contributed by atoms with van der Waals surface area (Å²) in [5.74, 6) is -0.954. The van der Waals surface area contributed by atoms with Crippen LogP contribution in [0.25, 0.3) is 0 Å². The second-order valence-electron chi connectivity index (χ2n) is 3.18. The van der Waals surface area contributed by atoms with Gasteiger partial charge in [0.25, 0.3) is 0 Å². The predicted molar refractivity (Wildman–Crippen MR) is 55.8 cm³/mol. The van der Waals surface area contributed by atoms with Gasteiger partial charge in [-0.1, -0.05) is 12.1 Å². The van der Waals surface area contributed by atoms with Crippen molar-refractivity contribution in [2.24, 2.45) is 0 Å². The minimum absolute atomic E-state index is 0.0164. The molecule has 0 bridgehead atoms. The minimum atomic E-state index is -0.937. The highest BCUT2D eigenvalue weighted by Crippen LogP contribution is 2.06. The highest BCUT2D eigenvalue weighted by molar-refractivity contribution is 5.87. The molecule has 0 saturated heterocycles. The van der Waals surface area contributed by atoms with Crippen molar-refractivity contribution in [2.75, 3.05) is 7.05 Å². The van der Waals surface area contributed by atoms with E-state index in [0.717, 1.165) is 5.56 Å². The third-order valence-electron chi connectivity index (χ3n) is 2.12. The number of hydrogen-bond acceptors (Lipinski definition) is 2. The summed E-state index contributed by atoms with van der Waals surface area (Å²) in [6, 6.07) is 6.54. The SMILES string of the molecule is CNC(=O)CCc1ccc(C(=O)O)cc1. The number of aryl methyl sites for hydroxylation is 1. The molecule has 0 atom stereocenters. The highest BCUT2D eigenvalue weighted by Gasteiger charge is 2.03. The van der Waals surface area contributed by atoms with Crippen LogP contribution < -0.4 is 5.32 Å². The van der Waals surface area contributed by atoms with Gasteiger partial charge in [0.05, 0.1) is 5.56 Å². The summed E-state index contributed by atoms with van der Waals surface area (Å²) in [5, 5.41) is 11.2. The zero-order chi connectivity index (χ0) is 11.3. The fraction of sp³-hybridized carbons (Fsp3) is 0.273. The summed E-state index contributed by atoms with van der Waals surface area (Å²) in [6.07, 6.45) is 1.04. The molecule has 15 heavy (non-hydrogen) atoms. The Kier molecular flexibility index (Phi) is 3.85. The summed E-state index contributed by atoms with van der Waals surface area (Å²) in [4.78, 5) is 21.5. The van der Waals surface area contributed by atoms with Crippen LogP contribution in [0.3, 0.4) is 0 Å². The van der Waals surface area contributed by atoms with Crippen molar-refractivity contribution in [2.45, 2.75) is 12.8 Å². The minimum Gasteiger partial charge on any atom is -0.478 e. The van der Waals surface area contributed by atoms with Gasteiger partial charge < -0.3 is 10.4 Å². The fourth-order valence-electron chi connectivity index (χ4n) is 1.20. The van der Waals surface area contributed by atoms with Gasteiger partial charge >= 0.3 is 5.97 Å². The molecular weight excluding hydrogens is 194 g/mol. The molecule has 0 radical (unpaired) electrons. The number of carboxylic acids is 1. The number of carboxylic acid groups (broad SMARTS) is 1. The number of carbonyl (C=O) groups excluding carboxylic acids is 1. The Morgan fingerprint density at radius 1 is 1.27 bits per heavy atom. The molecule has 1 aromatic rings. The van der Waals surface area contributed by atoms with Crippen molar-refractivity contribution in [3.05, 3.63) is 35.4 Å². The molecule has 2 N–H and O–H groups in total. The molecular formula is C11H13NO3. The van der Waals surface area contributed by atoms with Crippen LogP contribution in [-0.2, 0) is 11.2 Å². The molecule has 0 saturated carbocycles. The second-order valence-corrected chi connectivity index (χ2v) is 3.18. The Hall–Kier alpha value is -1.84. The van der Waals surface area contributed by atoms with Crippen LogP contribution >= 0.6 is 0 Å². The van der Waals surface area contributed by atoms with Gasteiger partial charge in [-0.05, 0) is 24.1 Å². The Bertz CT molecular complexity index is 357. The van der Waals surface area contributed by atoms with Gasteiger partial charge in [-0.3, -0.25) is 4.79 Å². The molecule has 1 rings (SSSR count). The number of nitrogens with one attached hydrogen (secondary N) is 1. The zero-order valence-electron chi connectivity index (χ0n) is 8.49. The maximum atomic E-state index is 11.0. The van der Waals surface area contributed by atoms with Crippen molar-refractivity contribution in [1.29, 1.82) is 0 Å². The van der Waals surface area contributed by atoms with Crippen LogP contribution in [0.4, 0.5) is 0 Å².